The Morgan fingerprint density at radius 1 is 1.00 bits per heavy atom. The lowest BCUT2D eigenvalue weighted by Gasteiger charge is -2.31. The number of amides is 2. The average molecular weight is 348 g/mol. The van der Waals surface area contributed by atoms with Crippen LogP contribution in [0.5, 0.6) is 0 Å². The first kappa shape index (κ1) is 16.7. The van der Waals surface area contributed by atoms with Gasteiger partial charge in [0.15, 0.2) is 0 Å². The molecule has 1 aliphatic carbocycles. The van der Waals surface area contributed by atoms with Gasteiger partial charge in [0.1, 0.15) is 5.76 Å². The summed E-state index contributed by atoms with van der Waals surface area (Å²) >= 11 is 0. The van der Waals surface area contributed by atoms with Crippen LogP contribution in [0.4, 0.5) is 10.5 Å². The number of anilines is 1. The largest absolute Gasteiger partial charge is 0.469 e. The Hall–Kier alpha value is -2.75. The number of rotatable bonds is 4. The molecular weight excluding hydrogens is 324 g/mol. The zero-order valence-corrected chi connectivity index (χ0v) is 14.8. The second-order valence-electron chi connectivity index (χ2n) is 7.06. The molecule has 2 N–H and O–H groups in total. The van der Waals surface area contributed by atoms with E-state index in [0.717, 1.165) is 47.9 Å². The van der Waals surface area contributed by atoms with Crippen molar-refractivity contribution in [3.63, 3.8) is 0 Å². The molecule has 0 radical (unpaired) electrons. The van der Waals surface area contributed by atoms with Crippen LogP contribution in [-0.2, 0) is 6.42 Å². The van der Waals surface area contributed by atoms with Crippen LogP contribution < -0.4 is 10.6 Å². The van der Waals surface area contributed by atoms with E-state index >= 15 is 0 Å². The Morgan fingerprint density at radius 2 is 1.85 bits per heavy atom. The van der Waals surface area contributed by atoms with E-state index in [1.807, 2.05) is 42.5 Å². The maximum absolute atomic E-state index is 12.6. The van der Waals surface area contributed by atoms with Crippen LogP contribution in [0.3, 0.4) is 0 Å². The normalized spacial score (nSPS) is 20.0. The fourth-order valence-electron chi connectivity index (χ4n) is 3.99. The highest BCUT2D eigenvalue weighted by Gasteiger charge is 2.27. The highest BCUT2D eigenvalue weighted by molar-refractivity contribution is 6.01. The molecule has 26 heavy (non-hydrogen) atoms. The minimum atomic E-state index is -0.127. The van der Waals surface area contributed by atoms with E-state index in [-0.39, 0.29) is 12.1 Å². The standard InChI is InChI=1S/C22H24N2O2/c25-22(24-21-13-5-9-16-7-1-3-11-19(16)21)23-20-12-4-2-8-17(20)15-18-10-6-14-26-18/h1,3,5-7,9-11,13-14,17,20H,2,4,8,12,15H2,(H2,23,24,25)/t17-,20-/m0/s1. The zero-order valence-electron chi connectivity index (χ0n) is 14.8. The molecule has 2 amide bonds. The van der Waals surface area contributed by atoms with Crippen LogP contribution in [-0.4, -0.2) is 12.1 Å². The van der Waals surface area contributed by atoms with E-state index in [1.54, 1.807) is 6.26 Å². The highest BCUT2D eigenvalue weighted by atomic mass is 16.3. The van der Waals surface area contributed by atoms with Gasteiger partial charge in [0.25, 0.3) is 0 Å². The summed E-state index contributed by atoms with van der Waals surface area (Å²) in [6.07, 6.45) is 7.12. The predicted octanol–water partition coefficient (Wildman–Crippen LogP) is 5.36. The van der Waals surface area contributed by atoms with Gasteiger partial charge in [-0.05, 0) is 42.3 Å². The van der Waals surface area contributed by atoms with E-state index in [1.165, 1.54) is 6.42 Å². The molecule has 1 fully saturated rings. The topological polar surface area (TPSA) is 54.3 Å². The Bertz CT molecular complexity index is 867. The number of fused-ring (bicyclic) bond motifs is 1. The Morgan fingerprint density at radius 3 is 2.73 bits per heavy atom. The molecule has 4 rings (SSSR count). The Balaban J connectivity index is 1.44. The van der Waals surface area contributed by atoms with Crippen molar-refractivity contribution in [3.05, 3.63) is 66.6 Å². The van der Waals surface area contributed by atoms with Crippen molar-refractivity contribution < 1.29 is 9.21 Å². The van der Waals surface area contributed by atoms with Crippen molar-refractivity contribution in [1.29, 1.82) is 0 Å². The van der Waals surface area contributed by atoms with E-state index in [4.69, 9.17) is 4.42 Å². The number of nitrogens with one attached hydrogen (secondary N) is 2. The summed E-state index contributed by atoms with van der Waals surface area (Å²) in [6.45, 7) is 0. The minimum Gasteiger partial charge on any atom is -0.469 e. The smallest absolute Gasteiger partial charge is 0.319 e. The third-order valence-corrected chi connectivity index (χ3v) is 5.31. The van der Waals surface area contributed by atoms with Crippen molar-refractivity contribution in [3.8, 4) is 0 Å². The van der Waals surface area contributed by atoms with Crippen LogP contribution in [0.2, 0.25) is 0 Å². The fourth-order valence-corrected chi connectivity index (χ4v) is 3.99. The molecule has 0 bridgehead atoms. The van der Waals surface area contributed by atoms with Crippen molar-refractivity contribution in [2.45, 2.75) is 38.1 Å². The van der Waals surface area contributed by atoms with Crippen molar-refractivity contribution in [2.75, 3.05) is 5.32 Å². The van der Waals surface area contributed by atoms with Gasteiger partial charge in [-0.15, -0.1) is 0 Å². The summed E-state index contributed by atoms with van der Waals surface area (Å²) in [6, 6.07) is 18.1. The molecule has 1 saturated carbocycles. The second kappa shape index (κ2) is 7.65. The van der Waals surface area contributed by atoms with Crippen molar-refractivity contribution >= 4 is 22.5 Å². The third kappa shape index (κ3) is 3.74. The molecule has 3 aromatic rings. The number of furan rings is 1. The lowest BCUT2D eigenvalue weighted by atomic mass is 9.82. The molecule has 1 aromatic heterocycles. The zero-order chi connectivity index (χ0) is 17.8. The van der Waals surface area contributed by atoms with Gasteiger partial charge in [0.05, 0.1) is 12.0 Å². The number of urea groups is 1. The molecule has 1 heterocycles. The predicted molar refractivity (Wildman–Crippen MR) is 104 cm³/mol. The lowest BCUT2D eigenvalue weighted by molar-refractivity contribution is 0.224. The maximum Gasteiger partial charge on any atom is 0.319 e. The summed E-state index contributed by atoms with van der Waals surface area (Å²) in [4.78, 5) is 12.6. The van der Waals surface area contributed by atoms with E-state index in [0.29, 0.717) is 5.92 Å². The van der Waals surface area contributed by atoms with Crippen LogP contribution in [0.25, 0.3) is 10.8 Å². The third-order valence-electron chi connectivity index (χ3n) is 5.31. The van der Waals surface area contributed by atoms with Crippen LogP contribution in [0, 0.1) is 5.92 Å². The maximum atomic E-state index is 12.6. The molecular formula is C22H24N2O2. The Labute approximate surface area is 153 Å². The van der Waals surface area contributed by atoms with Gasteiger partial charge in [-0.1, -0.05) is 49.2 Å². The van der Waals surface area contributed by atoms with Crippen LogP contribution in [0.15, 0.2) is 65.3 Å². The molecule has 4 nitrogen and oxygen atoms in total. The molecule has 4 heteroatoms. The Kier molecular flexibility index (Phi) is 4.91. The SMILES string of the molecule is O=C(Nc1cccc2ccccc12)N[C@H]1CCCC[C@H]1Cc1ccco1. The van der Waals surface area contributed by atoms with Crippen LogP contribution in [0.1, 0.15) is 31.4 Å². The number of carbonyl (C=O) groups excluding carboxylic acids is 1. The molecule has 134 valence electrons. The molecule has 2 aromatic carbocycles. The summed E-state index contributed by atoms with van der Waals surface area (Å²) in [7, 11) is 0. The second-order valence-corrected chi connectivity index (χ2v) is 7.06. The summed E-state index contributed by atoms with van der Waals surface area (Å²) in [5, 5.41) is 8.42. The van der Waals surface area contributed by atoms with Gasteiger partial charge < -0.3 is 15.1 Å². The van der Waals surface area contributed by atoms with E-state index in [2.05, 4.69) is 22.8 Å². The van der Waals surface area contributed by atoms with Gasteiger partial charge in [-0.3, -0.25) is 0 Å². The van der Waals surface area contributed by atoms with Crippen molar-refractivity contribution in [1.82, 2.24) is 5.32 Å². The first-order chi connectivity index (χ1) is 12.8. The lowest BCUT2D eigenvalue weighted by Crippen LogP contribution is -2.44. The molecule has 0 saturated heterocycles. The van der Waals surface area contributed by atoms with Gasteiger partial charge in [0, 0.05) is 17.8 Å². The first-order valence-corrected chi connectivity index (χ1v) is 9.37. The molecule has 2 atom stereocenters. The van der Waals surface area contributed by atoms with Gasteiger partial charge in [-0.25, -0.2) is 4.79 Å². The number of hydrogen-bond acceptors (Lipinski definition) is 2. The summed E-state index contributed by atoms with van der Waals surface area (Å²) in [5.41, 5.74) is 0.846. The number of carbonyl (C=O) groups is 1. The molecule has 0 aliphatic heterocycles. The summed E-state index contributed by atoms with van der Waals surface area (Å²) in [5.74, 6) is 1.42. The van der Waals surface area contributed by atoms with E-state index in [9.17, 15) is 4.79 Å². The van der Waals surface area contributed by atoms with Gasteiger partial charge in [0.2, 0.25) is 0 Å². The average Bonchev–Trinajstić information content (AvgIpc) is 3.17. The van der Waals surface area contributed by atoms with E-state index < -0.39 is 0 Å². The monoisotopic (exact) mass is 348 g/mol. The molecule has 1 aliphatic rings. The fraction of sp³-hybridized carbons (Fsp3) is 0.318. The number of hydrogen-bond donors (Lipinski definition) is 2. The van der Waals surface area contributed by atoms with Gasteiger partial charge in [-0.2, -0.15) is 0 Å². The highest BCUT2D eigenvalue weighted by Crippen LogP contribution is 2.28. The molecule has 0 spiro atoms. The van der Waals surface area contributed by atoms with Gasteiger partial charge >= 0.3 is 6.03 Å². The quantitative estimate of drug-likeness (QED) is 0.667. The minimum absolute atomic E-state index is 0.127. The number of benzene rings is 2. The molecule has 0 unspecified atom stereocenters. The van der Waals surface area contributed by atoms with Crippen LogP contribution >= 0.6 is 0 Å². The summed E-state index contributed by atoms with van der Waals surface area (Å²) < 4.78 is 5.51. The van der Waals surface area contributed by atoms with Crippen molar-refractivity contribution in [2.24, 2.45) is 5.92 Å². The first-order valence-electron chi connectivity index (χ1n) is 9.37.